The molecule has 166 valence electrons. The molecule has 0 aliphatic carbocycles. The fourth-order valence-electron chi connectivity index (χ4n) is 4.28. The molecule has 0 saturated carbocycles. The molecule has 0 bridgehead atoms. The maximum absolute atomic E-state index is 13.2. The topological polar surface area (TPSA) is 99.5 Å². The predicted molar refractivity (Wildman–Crippen MR) is 122 cm³/mol. The molecule has 1 N–H and O–H groups in total. The minimum Gasteiger partial charge on any atom is -0.423 e. The number of pyridine rings is 1. The van der Waals surface area contributed by atoms with E-state index in [-0.39, 0.29) is 10.5 Å². The van der Waals surface area contributed by atoms with Crippen LogP contribution < -0.4 is 5.63 Å². The van der Waals surface area contributed by atoms with Crippen LogP contribution in [0.4, 0.5) is 0 Å². The van der Waals surface area contributed by atoms with Gasteiger partial charge in [-0.15, -0.1) is 0 Å². The van der Waals surface area contributed by atoms with Crippen LogP contribution in [0.3, 0.4) is 0 Å². The highest BCUT2D eigenvalue weighted by Crippen LogP contribution is 2.26. The van der Waals surface area contributed by atoms with Crippen LogP contribution in [0.1, 0.15) is 18.1 Å². The van der Waals surface area contributed by atoms with Gasteiger partial charge in [-0.3, -0.25) is 4.90 Å². The second-order valence-electron chi connectivity index (χ2n) is 8.01. The zero-order valence-electron chi connectivity index (χ0n) is 17.7. The van der Waals surface area contributed by atoms with Crippen LogP contribution in [0, 0.1) is 0 Å². The molecule has 0 atom stereocenters. The number of nitrogens with one attached hydrogen (secondary N) is 1. The third-order valence-electron chi connectivity index (χ3n) is 6.06. The first-order valence-electron chi connectivity index (χ1n) is 10.7. The summed E-state index contributed by atoms with van der Waals surface area (Å²) in [5, 5.41) is 1.52. The lowest BCUT2D eigenvalue weighted by Gasteiger charge is -2.34. The minimum atomic E-state index is -3.62. The fourth-order valence-corrected chi connectivity index (χ4v) is 5.85. The molecule has 5 rings (SSSR count). The Bertz CT molecular complexity index is 1450. The number of nitrogens with zero attached hydrogens (tertiary/aromatic N) is 3. The number of sulfonamides is 1. The van der Waals surface area contributed by atoms with Gasteiger partial charge >= 0.3 is 5.63 Å². The van der Waals surface area contributed by atoms with Crippen molar-refractivity contribution in [3.8, 4) is 0 Å². The normalized spacial score (nSPS) is 16.2. The molecule has 4 heterocycles. The average molecular weight is 453 g/mol. The molecule has 1 aromatic carbocycles. The minimum absolute atomic E-state index is 0.257. The van der Waals surface area contributed by atoms with E-state index in [2.05, 4.69) is 21.8 Å². The van der Waals surface area contributed by atoms with Crippen LogP contribution >= 0.6 is 0 Å². The summed E-state index contributed by atoms with van der Waals surface area (Å²) >= 11 is 0. The van der Waals surface area contributed by atoms with Gasteiger partial charge in [-0.05, 0) is 35.7 Å². The summed E-state index contributed by atoms with van der Waals surface area (Å²) in [5.41, 5.74) is 2.81. The number of aromatic nitrogens is 2. The molecule has 9 heteroatoms. The molecular weight excluding hydrogens is 428 g/mol. The van der Waals surface area contributed by atoms with Gasteiger partial charge in [0.15, 0.2) is 0 Å². The van der Waals surface area contributed by atoms with Crippen molar-refractivity contribution >= 4 is 32.0 Å². The molecule has 1 saturated heterocycles. The highest BCUT2D eigenvalue weighted by atomic mass is 32.2. The van der Waals surface area contributed by atoms with E-state index in [1.54, 1.807) is 18.3 Å². The molecule has 8 nitrogen and oxygen atoms in total. The summed E-state index contributed by atoms with van der Waals surface area (Å²) in [6.45, 7) is 4.55. The quantitative estimate of drug-likeness (QED) is 0.468. The van der Waals surface area contributed by atoms with Crippen LogP contribution in [0.2, 0.25) is 0 Å². The van der Waals surface area contributed by atoms with E-state index in [1.807, 2.05) is 18.2 Å². The van der Waals surface area contributed by atoms with E-state index in [0.717, 1.165) is 22.9 Å². The second-order valence-corrected chi connectivity index (χ2v) is 9.91. The van der Waals surface area contributed by atoms with Crippen LogP contribution in [-0.4, -0.2) is 53.8 Å². The van der Waals surface area contributed by atoms with E-state index in [1.165, 1.54) is 16.6 Å². The number of aryl methyl sites for hydroxylation is 1. The maximum atomic E-state index is 13.2. The number of hydrogen-bond donors (Lipinski definition) is 1. The van der Waals surface area contributed by atoms with Gasteiger partial charge in [-0.25, -0.2) is 18.2 Å². The first-order valence-corrected chi connectivity index (χ1v) is 12.1. The van der Waals surface area contributed by atoms with Crippen molar-refractivity contribution in [1.82, 2.24) is 19.2 Å². The summed E-state index contributed by atoms with van der Waals surface area (Å²) in [4.78, 5) is 21.6. The number of rotatable bonds is 5. The van der Waals surface area contributed by atoms with Gasteiger partial charge in [0.2, 0.25) is 10.0 Å². The van der Waals surface area contributed by atoms with Gasteiger partial charge in [-0.1, -0.05) is 19.1 Å². The van der Waals surface area contributed by atoms with Crippen molar-refractivity contribution in [2.24, 2.45) is 0 Å². The van der Waals surface area contributed by atoms with E-state index in [0.29, 0.717) is 49.3 Å². The number of benzene rings is 1. The van der Waals surface area contributed by atoms with E-state index in [9.17, 15) is 13.2 Å². The van der Waals surface area contributed by atoms with Gasteiger partial charge in [0.05, 0.1) is 0 Å². The summed E-state index contributed by atoms with van der Waals surface area (Å²) in [7, 11) is -3.62. The molecule has 1 aliphatic heterocycles. The monoisotopic (exact) mass is 452 g/mol. The average Bonchev–Trinajstić information content (AvgIpc) is 3.24. The highest BCUT2D eigenvalue weighted by molar-refractivity contribution is 7.89. The van der Waals surface area contributed by atoms with Gasteiger partial charge in [0, 0.05) is 62.0 Å². The molecule has 0 radical (unpaired) electrons. The maximum Gasteiger partial charge on any atom is 0.336 e. The lowest BCUT2D eigenvalue weighted by atomic mass is 10.1. The third-order valence-corrected chi connectivity index (χ3v) is 8.00. The zero-order chi connectivity index (χ0) is 22.3. The SMILES string of the molecule is CCc1ccc2c(CN3CCN(S(=O)(=O)c4c[nH]c5ncccc45)CC3)cc(=O)oc2c1. The molecule has 1 fully saturated rings. The van der Waals surface area contributed by atoms with Gasteiger partial charge in [0.1, 0.15) is 16.1 Å². The van der Waals surface area contributed by atoms with Crippen molar-refractivity contribution in [3.63, 3.8) is 0 Å². The van der Waals surface area contributed by atoms with Crippen molar-refractivity contribution in [2.75, 3.05) is 26.2 Å². The van der Waals surface area contributed by atoms with Gasteiger partial charge in [0.25, 0.3) is 0 Å². The smallest absolute Gasteiger partial charge is 0.336 e. The molecule has 0 unspecified atom stereocenters. The summed E-state index contributed by atoms with van der Waals surface area (Å²) in [5.74, 6) is 0. The predicted octanol–water partition coefficient (Wildman–Crippen LogP) is 2.74. The second kappa shape index (κ2) is 8.16. The third kappa shape index (κ3) is 3.72. The molecule has 1 aliphatic rings. The number of piperazine rings is 1. The lowest BCUT2D eigenvalue weighted by molar-refractivity contribution is 0.182. The summed E-state index contributed by atoms with van der Waals surface area (Å²) < 4.78 is 33.3. The Kier molecular flexibility index (Phi) is 5.32. The first kappa shape index (κ1) is 20.9. The Balaban J connectivity index is 1.34. The molecule has 0 spiro atoms. The number of fused-ring (bicyclic) bond motifs is 2. The van der Waals surface area contributed by atoms with E-state index in [4.69, 9.17) is 4.42 Å². The standard InChI is InChI=1S/C23H24N4O4S/c1-2-16-5-6-18-17(13-22(28)31-20(18)12-16)15-26-8-10-27(11-9-26)32(29,30)21-14-25-23-19(21)4-3-7-24-23/h3-7,12-14H,2,8-11,15H2,1H3,(H,24,25). The van der Waals surface area contributed by atoms with Gasteiger partial charge in [-0.2, -0.15) is 4.31 Å². The zero-order valence-corrected chi connectivity index (χ0v) is 18.6. The Hall–Kier alpha value is -3.01. The highest BCUT2D eigenvalue weighted by Gasteiger charge is 2.30. The molecular formula is C23H24N4O4S. The Morgan fingerprint density at radius 3 is 2.69 bits per heavy atom. The van der Waals surface area contributed by atoms with Crippen molar-refractivity contribution in [3.05, 3.63) is 70.3 Å². The van der Waals surface area contributed by atoms with Crippen LogP contribution in [0.5, 0.6) is 0 Å². The number of H-pyrrole nitrogens is 1. The van der Waals surface area contributed by atoms with Gasteiger partial charge < -0.3 is 9.40 Å². The molecule has 32 heavy (non-hydrogen) atoms. The largest absolute Gasteiger partial charge is 0.423 e. The molecule has 0 amide bonds. The van der Waals surface area contributed by atoms with Crippen molar-refractivity contribution in [2.45, 2.75) is 24.8 Å². The first-order chi connectivity index (χ1) is 15.5. The summed E-state index contributed by atoms with van der Waals surface area (Å²) in [6.07, 6.45) is 4.01. The van der Waals surface area contributed by atoms with Crippen LogP contribution in [0.15, 0.2) is 62.9 Å². The van der Waals surface area contributed by atoms with E-state index < -0.39 is 10.0 Å². The van der Waals surface area contributed by atoms with Crippen LogP contribution in [-0.2, 0) is 23.0 Å². The Morgan fingerprint density at radius 1 is 1.09 bits per heavy atom. The lowest BCUT2D eigenvalue weighted by Crippen LogP contribution is -2.48. The number of aromatic amines is 1. The van der Waals surface area contributed by atoms with E-state index >= 15 is 0 Å². The molecule has 4 aromatic rings. The fraction of sp³-hybridized carbons (Fsp3) is 0.304. The van der Waals surface area contributed by atoms with Crippen molar-refractivity contribution in [1.29, 1.82) is 0 Å². The van der Waals surface area contributed by atoms with Crippen LogP contribution in [0.25, 0.3) is 22.0 Å². The summed E-state index contributed by atoms with van der Waals surface area (Å²) in [6, 6.07) is 11.0. The Labute approximate surface area is 185 Å². The molecule has 3 aromatic heterocycles. The number of hydrogen-bond acceptors (Lipinski definition) is 6. The van der Waals surface area contributed by atoms with Crippen molar-refractivity contribution < 1.29 is 12.8 Å². The Morgan fingerprint density at radius 2 is 1.91 bits per heavy atom.